The predicted molar refractivity (Wildman–Crippen MR) is 61.1 cm³/mol. The van der Waals surface area contributed by atoms with Gasteiger partial charge in [0, 0.05) is 23.9 Å². The molecular weight excluding hydrogens is 208 g/mol. The fourth-order valence-corrected chi connectivity index (χ4v) is 0.762. The van der Waals surface area contributed by atoms with Crippen LogP contribution < -0.4 is 10.6 Å². The van der Waals surface area contributed by atoms with Gasteiger partial charge >= 0.3 is 6.03 Å². The van der Waals surface area contributed by atoms with Crippen LogP contribution in [-0.2, 0) is 9.59 Å². The summed E-state index contributed by atoms with van der Waals surface area (Å²) in [4.78, 5) is 32.5. The molecule has 0 aromatic heterocycles. The SMILES string of the molecule is CC(C)(C=O)CNC(=O)NCC(C)(C)C=O. The van der Waals surface area contributed by atoms with Crippen LogP contribution in [0.3, 0.4) is 0 Å². The van der Waals surface area contributed by atoms with Crippen LogP contribution in [0.25, 0.3) is 0 Å². The molecule has 0 spiro atoms. The zero-order valence-corrected chi connectivity index (χ0v) is 10.3. The Hall–Kier alpha value is -1.39. The van der Waals surface area contributed by atoms with Crippen molar-refractivity contribution in [1.29, 1.82) is 0 Å². The lowest BCUT2D eigenvalue weighted by Crippen LogP contribution is -2.44. The monoisotopic (exact) mass is 228 g/mol. The zero-order chi connectivity index (χ0) is 12.8. The summed E-state index contributed by atoms with van der Waals surface area (Å²) < 4.78 is 0. The quantitative estimate of drug-likeness (QED) is 0.658. The van der Waals surface area contributed by atoms with Gasteiger partial charge in [0.05, 0.1) is 0 Å². The van der Waals surface area contributed by atoms with Gasteiger partial charge in [0.1, 0.15) is 12.6 Å². The first-order valence-electron chi connectivity index (χ1n) is 5.17. The fraction of sp³-hybridized carbons (Fsp3) is 0.727. The Morgan fingerprint density at radius 1 is 0.938 bits per heavy atom. The van der Waals surface area contributed by atoms with Gasteiger partial charge in [0.15, 0.2) is 0 Å². The molecule has 5 nitrogen and oxygen atoms in total. The average molecular weight is 228 g/mol. The summed E-state index contributed by atoms with van der Waals surface area (Å²) in [5, 5.41) is 5.15. The highest BCUT2D eigenvalue weighted by molar-refractivity contribution is 5.75. The molecule has 0 radical (unpaired) electrons. The van der Waals surface area contributed by atoms with Crippen LogP contribution in [0.2, 0.25) is 0 Å². The molecule has 0 aliphatic rings. The summed E-state index contributed by atoms with van der Waals surface area (Å²) in [6.45, 7) is 7.46. The summed E-state index contributed by atoms with van der Waals surface area (Å²) in [6, 6.07) is -0.371. The Bertz CT molecular complexity index is 246. The maximum atomic E-state index is 11.3. The van der Waals surface area contributed by atoms with E-state index in [1.54, 1.807) is 27.7 Å². The molecule has 0 bridgehead atoms. The number of carbonyl (C=O) groups excluding carboxylic acids is 3. The molecule has 0 saturated carbocycles. The molecule has 0 unspecified atom stereocenters. The summed E-state index contributed by atoms with van der Waals surface area (Å²) in [6.07, 6.45) is 1.59. The normalized spacial score (nSPS) is 11.8. The molecule has 16 heavy (non-hydrogen) atoms. The topological polar surface area (TPSA) is 75.3 Å². The first-order valence-corrected chi connectivity index (χ1v) is 5.17. The number of aldehydes is 2. The highest BCUT2D eigenvalue weighted by Crippen LogP contribution is 2.09. The number of urea groups is 1. The molecule has 0 atom stereocenters. The predicted octanol–water partition coefficient (Wildman–Crippen LogP) is 0.736. The molecule has 0 aromatic rings. The minimum atomic E-state index is -0.572. The molecule has 0 aromatic carbocycles. The molecule has 2 N–H and O–H groups in total. The highest BCUT2D eigenvalue weighted by atomic mass is 16.2. The van der Waals surface area contributed by atoms with Crippen molar-refractivity contribution < 1.29 is 14.4 Å². The second kappa shape index (κ2) is 5.63. The first kappa shape index (κ1) is 14.6. The van der Waals surface area contributed by atoms with Crippen LogP contribution in [0, 0.1) is 10.8 Å². The minimum Gasteiger partial charge on any atom is -0.337 e. The number of rotatable bonds is 6. The largest absolute Gasteiger partial charge is 0.337 e. The summed E-state index contributed by atoms with van der Waals surface area (Å²) in [5.41, 5.74) is -1.14. The van der Waals surface area contributed by atoms with E-state index < -0.39 is 10.8 Å². The van der Waals surface area contributed by atoms with E-state index in [0.29, 0.717) is 0 Å². The molecule has 0 rings (SSSR count). The fourth-order valence-electron chi connectivity index (χ4n) is 0.762. The van der Waals surface area contributed by atoms with Crippen LogP contribution in [0.5, 0.6) is 0 Å². The van der Waals surface area contributed by atoms with Crippen molar-refractivity contribution >= 4 is 18.6 Å². The minimum absolute atomic E-state index is 0.268. The third kappa shape index (κ3) is 6.16. The zero-order valence-electron chi connectivity index (χ0n) is 10.3. The van der Waals surface area contributed by atoms with Crippen molar-refractivity contribution in [2.24, 2.45) is 10.8 Å². The number of hydrogen-bond donors (Lipinski definition) is 2. The Balaban J connectivity index is 3.93. The second-order valence-corrected chi connectivity index (χ2v) is 5.25. The smallest absolute Gasteiger partial charge is 0.314 e. The molecule has 0 aliphatic carbocycles. The van der Waals surface area contributed by atoms with Crippen molar-refractivity contribution in [3.05, 3.63) is 0 Å². The number of nitrogens with one attached hydrogen (secondary N) is 2. The van der Waals surface area contributed by atoms with E-state index >= 15 is 0 Å². The van der Waals surface area contributed by atoms with Crippen LogP contribution in [0.4, 0.5) is 4.79 Å². The van der Waals surface area contributed by atoms with Gasteiger partial charge in [0.25, 0.3) is 0 Å². The van der Waals surface area contributed by atoms with Gasteiger partial charge in [-0.2, -0.15) is 0 Å². The van der Waals surface area contributed by atoms with Crippen molar-refractivity contribution in [2.45, 2.75) is 27.7 Å². The van der Waals surface area contributed by atoms with Crippen LogP contribution in [0.15, 0.2) is 0 Å². The van der Waals surface area contributed by atoms with E-state index in [1.807, 2.05) is 0 Å². The molecule has 92 valence electrons. The van der Waals surface area contributed by atoms with E-state index in [4.69, 9.17) is 0 Å². The van der Waals surface area contributed by atoms with Gasteiger partial charge < -0.3 is 20.2 Å². The van der Waals surface area contributed by atoms with E-state index in [9.17, 15) is 14.4 Å². The number of hydrogen-bond acceptors (Lipinski definition) is 3. The highest BCUT2D eigenvalue weighted by Gasteiger charge is 2.20. The van der Waals surface area contributed by atoms with E-state index in [0.717, 1.165) is 12.6 Å². The lowest BCUT2D eigenvalue weighted by Gasteiger charge is -2.20. The van der Waals surface area contributed by atoms with Crippen molar-refractivity contribution in [2.75, 3.05) is 13.1 Å². The summed E-state index contributed by atoms with van der Waals surface area (Å²) in [5.74, 6) is 0. The molecule has 0 fully saturated rings. The molecule has 0 heterocycles. The molecular formula is C11H20N2O3. The van der Waals surface area contributed by atoms with Gasteiger partial charge in [-0.1, -0.05) is 27.7 Å². The van der Waals surface area contributed by atoms with Crippen molar-refractivity contribution in [3.63, 3.8) is 0 Å². The Kier molecular flexibility index (Phi) is 5.14. The van der Waals surface area contributed by atoms with E-state index in [1.165, 1.54) is 0 Å². The maximum absolute atomic E-state index is 11.3. The van der Waals surface area contributed by atoms with E-state index in [2.05, 4.69) is 10.6 Å². The standard InChI is InChI=1S/C11H20N2O3/c1-10(2,7-14)5-12-9(16)13-6-11(3,4)8-15/h7-8H,5-6H2,1-4H3,(H2,12,13,16). The molecule has 5 heteroatoms. The van der Waals surface area contributed by atoms with Crippen LogP contribution in [0.1, 0.15) is 27.7 Å². The van der Waals surface area contributed by atoms with Crippen LogP contribution >= 0.6 is 0 Å². The number of carbonyl (C=O) groups is 3. The van der Waals surface area contributed by atoms with E-state index in [-0.39, 0.29) is 19.1 Å². The van der Waals surface area contributed by atoms with Gasteiger partial charge in [-0.05, 0) is 0 Å². The third-order valence-electron chi connectivity index (χ3n) is 2.05. The Labute approximate surface area is 96.0 Å². The Morgan fingerprint density at radius 3 is 1.50 bits per heavy atom. The van der Waals surface area contributed by atoms with Gasteiger partial charge in [-0.25, -0.2) is 4.79 Å². The molecule has 0 aliphatic heterocycles. The third-order valence-corrected chi connectivity index (χ3v) is 2.05. The van der Waals surface area contributed by atoms with Gasteiger partial charge in [-0.15, -0.1) is 0 Å². The second-order valence-electron chi connectivity index (χ2n) is 5.25. The van der Waals surface area contributed by atoms with Gasteiger partial charge in [0.2, 0.25) is 0 Å². The lowest BCUT2D eigenvalue weighted by molar-refractivity contribution is -0.114. The molecule has 0 saturated heterocycles. The molecule has 2 amide bonds. The van der Waals surface area contributed by atoms with Crippen molar-refractivity contribution in [3.8, 4) is 0 Å². The van der Waals surface area contributed by atoms with Crippen LogP contribution in [-0.4, -0.2) is 31.7 Å². The Morgan fingerprint density at radius 2 is 1.25 bits per heavy atom. The summed E-state index contributed by atoms with van der Waals surface area (Å²) in [7, 11) is 0. The number of amides is 2. The summed E-state index contributed by atoms with van der Waals surface area (Å²) >= 11 is 0. The lowest BCUT2D eigenvalue weighted by atomic mass is 9.96. The first-order chi connectivity index (χ1) is 7.22. The van der Waals surface area contributed by atoms with Crippen molar-refractivity contribution in [1.82, 2.24) is 10.6 Å². The van der Waals surface area contributed by atoms with Gasteiger partial charge in [-0.3, -0.25) is 0 Å². The average Bonchev–Trinajstić information content (AvgIpc) is 2.24. The maximum Gasteiger partial charge on any atom is 0.314 e.